The van der Waals surface area contributed by atoms with Gasteiger partial charge in [-0.1, -0.05) is 12.1 Å². The fourth-order valence-corrected chi connectivity index (χ4v) is 2.66. The Kier molecular flexibility index (Phi) is 3.26. The van der Waals surface area contributed by atoms with Crippen molar-refractivity contribution in [2.24, 2.45) is 7.05 Å². The van der Waals surface area contributed by atoms with Crippen molar-refractivity contribution in [3.63, 3.8) is 0 Å². The molecule has 0 bridgehead atoms. The summed E-state index contributed by atoms with van der Waals surface area (Å²) in [6.07, 6.45) is 1.81. The molecular formula is C15H17ClN4. The molecule has 0 saturated heterocycles. The van der Waals surface area contributed by atoms with Crippen LogP contribution in [0.5, 0.6) is 0 Å². The molecule has 2 heterocycles. The SMILES string of the molecule is Cc1cccc2c1nc(C(C)Cl)n2Cc1ccnn1C. The van der Waals surface area contributed by atoms with Gasteiger partial charge in [0.2, 0.25) is 0 Å². The van der Waals surface area contributed by atoms with Crippen LogP contribution < -0.4 is 0 Å². The summed E-state index contributed by atoms with van der Waals surface area (Å²) in [6.45, 7) is 4.76. The molecule has 0 amide bonds. The Morgan fingerprint density at radius 3 is 2.75 bits per heavy atom. The predicted octanol–water partition coefficient (Wildman–Crippen LogP) is 3.43. The zero-order valence-electron chi connectivity index (χ0n) is 11.8. The van der Waals surface area contributed by atoms with Gasteiger partial charge in [-0.15, -0.1) is 11.6 Å². The number of aryl methyl sites for hydroxylation is 2. The van der Waals surface area contributed by atoms with E-state index >= 15 is 0 Å². The highest BCUT2D eigenvalue weighted by molar-refractivity contribution is 6.20. The third kappa shape index (κ3) is 2.10. The summed E-state index contributed by atoms with van der Waals surface area (Å²) >= 11 is 6.31. The van der Waals surface area contributed by atoms with Crippen LogP contribution in [0.25, 0.3) is 11.0 Å². The minimum atomic E-state index is -0.130. The van der Waals surface area contributed by atoms with E-state index in [0.717, 1.165) is 29.1 Å². The first-order valence-electron chi connectivity index (χ1n) is 6.64. The molecule has 0 aliphatic heterocycles. The van der Waals surface area contributed by atoms with Crippen molar-refractivity contribution in [3.05, 3.63) is 47.5 Å². The van der Waals surface area contributed by atoms with Crippen LogP contribution in [0.1, 0.15) is 29.4 Å². The monoisotopic (exact) mass is 288 g/mol. The number of aromatic nitrogens is 4. The highest BCUT2D eigenvalue weighted by Crippen LogP contribution is 2.27. The summed E-state index contributed by atoms with van der Waals surface area (Å²) in [5, 5.41) is 4.09. The van der Waals surface area contributed by atoms with Gasteiger partial charge in [0.15, 0.2) is 0 Å². The summed E-state index contributed by atoms with van der Waals surface area (Å²) in [5.41, 5.74) is 4.44. The largest absolute Gasteiger partial charge is 0.321 e. The molecule has 0 aliphatic rings. The lowest BCUT2D eigenvalue weighted by Crippen LogP contribution is -2.09. The van der Waals surface area contributed by atoms with Crippen LogP contribution in [0, 0.1) is 6.92 Å². The zero-order chi connectivity index (χ0) is 14.3. The minimum absolute atomic E-state index is 0.130. The first-order valence-corrected chi connectivity index (χ1v) is 7.08. The Balaban J connectivity index is 2.19. The van der Waals surface area contributed by atoms with Crippen molar-refractivity contribution in [3.8, 4) is 0 Å². The quantitative estimate of drug-likeness (QED) is 0.692. The number of benzene rings is 1. The molecule has 0 fully saturated rings. The van der Waals surface area contributed by atoms with Crippen molar-refractivity contribution >= 4 is 22.6 Å². The van der Waals surface area contributed by atoms with Crippen LogP contribution in [0.15, 0.2) is 30.5 Å². The van der Waals surface area contributed by atoms with Gasteiger partial charge in [-0.25, -0.2) is 4.98 Å². The van der Waals surface area contributed by atoms with E-state index < -0.39 is 0 Å². The minimum Gasteiger partial charge on any atom is -0.321 e. The van der Waals surface area contributed by atoms with Gasteiger partial charge in [0.25, 0.3) is 0 Å². The van der Waals surface area contributed by atoms with Crippen LogP contribution in [0.3, 0.4) is 0 Å². The first kappa shape index (κ1) is 13.2. The number of hydrogen-bond acceptors (Lipinski definition) is 2. The number of nitrogens with zero attached hydrogens (tertiary/aromatic N) is 4. The lowest BCUT2D eigenvalue weighted by molar-refractivity contribution is 0.654. The van der Waals surface area contributed by atoms with Crippen molar-refractivity contribution in [1.29, 1.82) is 0 Å². The highest BCUT2D eigenvalue weighted by Gasteiger charge is 2.16. The number of rotatable bonds is 3. The van der Waals surface area contributed by atoms with Gasteiger partial charge in [0.1, 0.15) is 5.82 Å². The highest BCUT2D eigenvalue weighted by atomic mass is 35.5. The topological polar surface area (TPSA) is 35.6 Å². The summed E-state index contributed by atoms with van der Waals surface area (Å²) in [4.78, 5) is 4.72. The molecule has 1 atom stereocenters. The van der Waals surface area contributed by atoms with E-state index in [1.54, 1.807) is 0 Å². The number of halogens is 1. The van der Waals surface area contributed by atoms with E-state index in [4.69, 9.17) is 16.6 Å². The molecule has 0 aliphatic carbocycles. The van der Waals surface area contributed by atoms with E-state index in [0.29, 0.717) is 0 Å². The number of alkyl halides is 1. The second kappa shape index (κ2) is 4.94. The maximum Gasteiger partial charge on any atom is 0.128 e. The molecule has 104 valence electrons. The second-order valence-electron chi connectivity index (χ2n) is 5.06. The van der Waals surface area contributed by atoms with E-state index in [2.05, 4.69) is 34.8 Å². The predicted molar refractivity (Wildman–Crippen MR) is 81.0 cm³/mol. The summed E-state index contributed by atoms with van der Waals surface area (Å²) < 4.78 is 4.06. The Hall–Kier alpha value is -1.81. The summed E-state index contributed by atoms with van der Waals surface area (Å²) in [7, 11) is 1.95. The maximum atomic E-state index is 6.31. The van der Waals surface area contributed by atoms with E-state index in [9.17, 15) is 0 Å². The Bertz CT molecular complexity index is 754. The molecule has 0 N–H and O–H groups in total. The molecule has 5 heteroatoms. The number of imidazole rings is 1. The van der Waals surface area contributed by atoms with Gasteiger partial charge < -0.3 is 4.57 Å². The fourth-order valence-electron chi connectivity index (χ4n) is 2.49. The van der Waals surface area contributed by atoms with Crippen LogP contribution in [0.2, 0.25) is 0 Å². The molecule has 0 saturated carbocycles. The third-order valence-electron chi connectivity index (χ3n) is 3.61. The van der Waals surface area contributed by atoms with Crippen LogP contribution in [0.4, 0.5) is 0 Å². The average Bonchev–Trinajstić information content (AvgIpc) is 2.96. The van der Waals surface area contributed by atoms with Gasteiger partial charge in [0.05, 0.1) is 28.6 Å². The standard InChI is InChI=1S/C15H17ClN4/c1-10-5-4-6-13-14(10)18-15(11(2)16)20(13)9-12-7-8-17-19(12)3/h4-8,11H,9H2,1-3H3. The van der Waals surface area contributed by atoms with Crippen LogP contribution in [-0.4, -0.2) is 19.3 Å². The molecule has 0 radical (unpaired) electrons. The van der Waals surface area contributed by atoms with Gasteiger partial charge >= 0.3 is 0 Å². The molecule has 0 spiro atoms. The number of para-hydroxylation sites is 1. The Morgan fingerprint density at radius 1 is 1.30 bits per heavy atom. The van der Waals surface area contributed by atoms with Gasteiger partial charge in [-0.05, 0) is 31.5 Å². The summed E-state index contributed by atoms with van der Waals surface area (Å²) in [6, 6.07) is 8.24. The second-order valence-corrected chi connectivity index (χ2v) is 5.72. The molecule has 4 nitrogen and oxygen atoms in total. The molecule has 1 unspecified atom stereocenters. The molecule has 3 rings (SSSR count). The van der Waals surface area contributed by atoms with Gasteiger partial charge in [0, 0.05) is 13.2 Å². The van der Waals surface area contributed by atoms with Crippen LogP contribution in [-0.2, 0) is 13.6 Å². The van der Waals surface area contributed by atoms with Crippen molar-refractivity contribution in [2.75, 3.05) is 0 Å². The molecule has 2 aromatic heterocycles. The van der Waals surface area contributed by atoms with Gasteiger partial charge in [-0.3, -0.25) is 4.68 Å². The lowest BCUT2D eigenvalue weighted by Gasteiger charge is -2.10. The lowest BCUT2D eigenvalue weighted by atomic mass is 10.2. The third-order valence-corrected chi connectivity index (χ3v) is 3.80. The Labute approximate surface area is 123 Å². The summed E-state index contributed by atoms with van der Waals surface area (Å²) in [5.74, 6) is 0.900. The number of hydrogen-bond donors (Lipinski definition) is 0. The molecular weight excluding hydrogens is 272 g/mol. The Morgan fingerprint density at radius 2 is 2.10 bits per heavy atom. The van der Waals surface area contributed by atoms with E-state index in [1.165, 1.54) is 5.56 Å². The van der Waals surface area contributed by atoms with E-state index in [-0.39, 0.29) is 5.38 Å². The van der Waals surface area contributed by atoms with Gasteiger partial charge in [-0.2, -0.15) is 5.10 Å². The van der Waals surface area contributed by atoms with Crippen molar-refractivity contribution in [1.82, 2.24) is 19.3 Å². The molecule has 20 heavy (non-hydrogen) atoms. The van der Waals surface area contributed by atoms with Crippen molar-refractivity contribution in [2.45, 2.75) is 25.8 Å². The van der Waals surface area contributed by atoms with E-state index in [1.807, 2.05) is 30.9 Å². The van der Waals surface area contributed by atoms with Crippen molar-refractivity contribution < 1.29 is 0 Å². The smallest absolute Gasteiger partial charge is 0.128 e. The molecule has 3 aromatic rings. The zero-order valence-corrected chi connectivity index (χ0v) is 12.6. The number of fused-ring (bicyclic) bond motifs is 1. The van der Waals surface area contributed by atoms with Crippen LogP contribution >= 0.6 is 11.6 Å². The normalized spacial score (nSPS) is 13.0. The molecule has 1 aromatic carbocycles. The fraction of sp³-hybridized carbons (Fsp3) is 0.333. The maximum absolute atomic E-state index is 6.31. The average molecular weight is 289 g/mol. The first-order chi connectivity index (χ1) is 9.58.